The average molecular weight is 289 g/mol. The van der Waals surface area contributed by atoms with Gasteiger partial charge in [-0.2, -0.15) is 5.26 Å². The molecule has 2 aromatic carbocycles. The number of nitrogens with zero attached hydrogens (tertiary/aromatic N) is 1. The molecule has 5 heteroatoms. The Bertz CT molecular complexity index is 792. The van der Waals surface area contributed by atoms with Crippen LogP contribution in [0.3, 0.4) is 0 Å². The Morgan fingerprint density at radius 1 is 1.20 bits per heavy atom. The van der Waals surface area contributed by atoms with E-state index >= 15 is 0 Å². The van der Waals surface area contributed by atoms with Crippen LogP contribution in [-0.4, -0.2) is 8.42 Å². The van der Waals surface area contributed by atoms with Crippen LogP contribution in [0.2, 0.25) is 0 Å². The van der Waals surface area contributed by atoms with Crippen LogP contribution < -0.4 is 0 Å². The first-order chi connectivity index (χ1) is 9.44. The van der Waals surface area contributed by atoms with Crippen molar-refractivity contribution in [3.63, 3.8) is 0 Å². The molecule has 0 fully saturated rings. The van der Waals surface area contributed by atoms with E-state index in [9.17, 15) is 12.8 Å². The van der Waals surface area contributed by atoms with Crippen LogP contribution in [0.5, 0.6) is 0 Å². The molecular weight excluding hydrogens is 277 g/mol. The summed E-state index contributed by atoms with van der Waals surface area (Å²) in [4.78, 5) is 0.202. The van der Waals surface area contributed by atoms with Gasteiger partial charge in [0, 0.05) is 0 Å². The van der Waals surface area contributed by atoms with Gasteiger partial charge in [0.05, 0.1) is 22.3 Å². The maximum absolute atomic E-state index is 13.2. The molecule has 0 unspecified atom stereocenters. The molecule has 0 N–H and O–H groups in total. The van der Waals surface area contributed by atoms with Crippen LogP contribution in [-0.2, 0) is 15.6 Å². The standard InChI is InChI=1S/C15H12FNO2S/c1-11-4-2-3-5-15(11)20(18,19)10-13-8-14(16)7-6-12(13)9-17/h2-8H,10H2,1H3. The van der Waals surface area contributed by atoms with Crippen molar-refractivity contribution in [2.75, 3.05) is 0 Å². The Morgan fingerprint density at radius 3 is 2.55 bits per heavy atom. The summed E-state index contributed by atoms with van der Waals surface area (Å²) in [5, 5.41) is 8.96. The van der Waals surface area contributed by atoms with Crippen molar-refractivity contribution in [1.82, 2.24) is 0 Å². The maximum Gasteiger partial charge on any atom is 0.182 e. The summed E-state index contributed by atoms with van der Waals surface area (Å²) >= 11 is 0. The third-order valence-corrected chi connectivity index (χ3v) is 4.78. The highest BCUT2D eigenvalue weighted by Gasteiger charge is 2.19. The molecule has 0 saturated carbocycles. The molecule has 0 aliphatic heterocycles. The smallest absolute Gasteiger partial charge is 0.182 e. The van der Waals surface area contributed by atoms with Crippen molar-refractivity contribution in [3.8, 4) is 6.07 Å². The highest BCUT2D eigenvalue weighted by Crippen LogP contribution is 2.22. The quantitative estimate of drug-likeness (QED) is 0.872. The van der Waals surface area contributed by atoms with E-state index in [-0.39, 0.29) is 16.0 Å². The molecule has 3 nitrogen and oxygen atoms in total. The Labute approximate surface area is 117 Å². The lowest BCUT2D eigenvalue weighted by molar-refractivity contribution is 0.594. The zero-order chi connectivity index (χ0) is 14.8. The number of hydrogen-bond acceptors (Lipinski definition) is 3. The second-order valence-corrected chi connectivity index (χ2v) is 6.40. The molecule has 0 aliphatic carbocycles. The van der Waals surface area contributed by atoms with Gasteiger partial charge < -0.3 is 0 Å². The Hall–Kier alpha value is -2.19. The Morgan fingerprint density at radius 2 is 1.90 bits per heavy atom. The third kappa shape index (κ3) is 2.86. The van der Waals surface area contributed by atoms with E-state index in [0.29, 0.717) is 5.56 Å². The van der Waals surface area contributed by atoms with E-state index in [4.69, 9.17) is 5.26 Å². The van der Waals surface area contributed by atoms with Crippen molar-refractivity contribution in [1.29, 1.82) is 5.26 Å². The van der Waals surface area contributed by atoms with E-state index in [0.717, 1.165) is 12.1 Å². The lowest BCUT2D eigenvalue weighted by atomic mass is 10.1. The molecule has 0 aliphatic rings. The first kappa shape index (κ1) is 14.2. The predicted molar refractivity (Wildman–Crippen MR) is 73.2 cm³/mol. The van der Waals surface area contributed by atoms with E-state index in [2.05, 4.69) is 0 Å². The zero-order valence-electron chi connectivity index (χ0n) is 10.8. The second kappa shape index (κ2) is 5.43. The summed E-state index contributed by atoms with van der Waals surface area (Å²) in [5.41, 5.74) is 0.974. The maximum atomic E-state index is 13.2. The van der Waals surface area contributed by atoms with Gasteiger partial charge in [0.25, 0.3) is 0 Å². The summed E-state index contributed by atoms with van der Waals surface area (Å²) in [5.74, 6) is -0.947. The molecule has 0 saturated heterocycles. The van der Waals surface area contributed by atoms with Gasteiger partial charge in [-0.1, -0.05) is 18.2 Å². The lowest BCUT2D eigenvalue weighted by Gasteiger charge is -2.08. The first-order valence-electron chi connectivity index (χ1n) is 5.91. The number of rotatable bonds is 3. The van der Waals surface area contributed by atoms with Gasteiger partial charge in [0.2, 0.25) is 0 Å². The fraction of sp³-hybridized carbons (Fsp3) is 0.133. The molecule has 0 radical (unpaired) electrons. The molecule has 0 atom stereocenters. The molecule has 0 aromatic heterocycles. The molecule has 0 amide bonds. The highest BCUT2D eigenvalue weighted by atomic mass is 32.2. The molecule has 102 valence electrons. The fourth-order valence-corrected chi connectivity index (χ4v) is 3.63. The Balaban J connectivity index is 2.47. The number of sulfone groups is 1. The monoisotopic (exact) mass is 289 g/mol. The molecule has 20 heavy (non-hydrogen) atoms. The number of halogens is 1. The first-order valence-corrected chi connectivity index (χ1v) is 7.56. The van der Waals surface area contributed by atoms with Crippen LogP contribution in [0.4, 0.5) is 4.39 Å². The molecule has 0 spiro atoms. The summed E-state index contributed by atoms with van der Waals surface area (Å²) < 4.78 is 38.0. The van der Waals surface area contributed by atoms with Gasteiger partial charge >= 0.3 is 0 Å². The summed E-state index contributed by atoms with van der Waals surface area (Å²) in [6.45, 7) is 1.70. The molecule has 2 rings (SSSR count). The van der Waals surface area contributed by atoms with Gasteiger partial charge in [-0.3, -0.25) is 0 Å². The van der Waals surface area contributed by atoms with E-state index in [1.54, 1.807) is 25.1 Å². The fourth-order valence-electron chi connectivity index (χ4n) is 1.98. The van der Waals surface area contributed by atoms with Crippen molar-refractivity contribution in [3.05, 3.63) is 65.0 Å². The predicted octanol–water partition coefficient (Wildman–Crippen LogP) is 2.98. The molecule has 0 heterocycles. The van der Waals surface area contributed by atoms with Gasteiger partial charge in [0.1, 0.15) is 5.82 Å². The average Bonchev–Trinajstić information content (AvgIpc) is 2.39. The van der Waals surface area contributed by atoms with E-state index < -0.39 is 21.4 Å². The minimum absolute atomic E-state index is 0.170. The molecule has 2 aromatic rings. The highest BCUT2D eigenvalue weighted by molar-refractivity contribution is 7.90. The van der Waals surface area contributed by atoms with E-state index in [1.807, 2.05) is 6.07 Å². The summed E-state index contributed by atoms with van der Waals surface area (Å²) in [6.07, 6.45) is 0. The van der Waals surface area contributed by atoms with Crippen molar-refractivity contribution < 1.29 is 12.8 Å². The van der Waals surface area contributed by atoms with Crippen LogP contribution in [0.1, 0.15) is 16.7 Å². The van der Waals surface area contributed by atoms with Crippen LogP contribution >= 0.6 is 0 Å². The van der Waals surface area contributed by atoms with Crippen LogP contribution in [0, 0.1) is 24.1 Å². The molecular formula is C15H12FNO2S. The zero-order valence-corrected chi connectivity index (χ0v) is 11.6. The summed E-state index contributed by atoms with van der Waals surface area (Å²) in [6, 6.07) is 12.0. The summed E-state index contributed by atoms with van der Waals surface area (Å²) in [7, 11) is -3.61. The number of hydrogen-bond donors (Lipinski definition) is 0. The van der Waals surface area contributed by atoms with E-state index in [1.165, 1.54) is 12.1 Å². The third-order valence-electron chi connectivity index (χ3n) is 2.96. The van der Waals surface area contributed by atoms with Crippen molar-refractivity contribution in [2.45, 2.75) is 17.6 Å². The minimum Gasteiger partial charge on any atom is -0.223 e. The van der Waals surface area contributed by atoms with Crippen molar-refractivity contribution >= 4 is 9.84 Å². The van der Waals surface area contributed by atoms with Crippen molar-refractivity contribution in [2.24, 2.45) is 0 Å². The number of benzene rings is 2. The van der Waals surface area contributed by atoms with Gasteiger partial charge in [-0.15, -0.1) is 0 Å². The van der Waals surface area contributed by atoms with Gasteiger partial charge in [-0.25, -0.2) is 12.8 Å². The SMILES string of the molecule is Cc1ccccc1S(=O)(=O)Cc1cc(F)ccc1C#N. The Kier molecular flexibility index (Phi) is 3.86. The normalized spacial score (nSPS) is 11.1. The minimum atomic E-state index is -3.61. The number of aryl methyl sites for hydroxylation is 1. The van der Waals surface area contributed by atoms with Gasteiger partial charge in [0.15, 0.2) is 9.84 Å². The topological polar surface area (TPSA) is 57.9 Å². The van der Waals surface area contributed by atoms with Crippen LogP contribution in [0.25, 0.3) is 0 Å². The second-order valence-electron chi connectivity index (χ2n) is 4.44. The molecule has 0 bridgehead atoms. The number of nitriles is 1. The van der Waals surface area contributed by atoms with Gasteiger partial charge in [-0.05, 0) is 42.3 Å². The van der Waals surface area contributed by atoms with Crippen LogP contribution in [0.15, 0.2) is 47.4 Å². The lowest BCUT2D eigenvalue weighted by Crippen LogP contribution is -2.08. The largest absolute Gasteiger partial charge is 0.223 e.